The highest BCUT2D eigenvalue weighted by Crippen LogP contribution is 2.31. The molecule has 0 unspecified atom stereocenters. The van der Waals surface area contributed by atoms with Gasteiger partial charge >= 0.3 is 0 Å². The third-order valence-corrected chi connectivity index (χ3v) is 3.79. The van der Waals surface area contributed by atoms with Gasteiger partial charge in [0.1, 0.15) is 5.75 Å². The van der Waals surface area contributed by atoms with E-state index in [9.17, 15) is 9.59 Å². The molecule has 5 heteroatoms. The number of fused-ring (bicyclic) bond motifs is 1. The Morgan fingerprint density at radius 3 is 2.59 bits per heavy atom. The highest BCUT2D eigenvalue weighted by Gasteiger charge is 2.22. The second kappa shape index (κ2) is 7.29. The lowest BCUT2D eigenvalue weighted by molar-refractivity contribution is -0.118. The Morgan fingerprint density at radius 1 is 1.27 bits per heavy atom. The summed E-state index contributed by atoms with van der Waals surface area (Å²) in [4.78, 5) is 28.0. The standard InChI is InChI=1S/C17H24N2O3/c1-4-9-19(10-5-2)17(21)13-6-7-15-14(12-13)18(3)16(20)8-11-22-15/h6-7,12H,4-5,8-11H2,1-3H3. The van der Waals surface area contributed by atoms with Crippen LogP contribution in [0, 0.1) is 0 Å². The molecule has 5 nitrogen and oxygen atoms in total. The van der Waals surface area contributed by atoms with Crippen molar-refractivity contribution >= 4 is 17.5 Å². The summed E-state index contributed by atoms with van der Waals surface area (Å²) in [7, 11) is 1.72. The maximum absolute atomic E-state index is 12.7. The van der Waals surface area contributed by atoms with E-state index in [0.717, 1.165) is 25.9 Å². The number of carbonyl (C=O) groups excluding carboxylic acids is 2. The van der Waals surface area contributed by atoms with Gasteiger partial charge in [-0.3, -0.25) is 9.59 Å². The smallest absolute Gasteiger partial charge is 0.253 e. The number of benzene rings is 1. The van der Waals surface area contributed by atoms with Crippen LogP contribution >= 0.6 is 0 Å². The van der Waals surface area contributed by atoms with E-state index in [-0.39, 0.29) is 11.8 Å². The molecule has 0 spiro atoms. The Balaban J connectivity index is 2.31. The molecule has 22 heavy (non-hydrogen) atoms. The molecule has 0 fully saturated rings. The molecule has 0 aromatic heterocycles. The number of carbonyl (C=O) groups is 2. The summed E-state index contributed by atoms with van der Waals surface area (Å²) in [5.74, 6) is 0.668. The van der Waals surface area contributed by atoms with Crippen molar-refractivity contribution in [1.82, 2.24) is 4.90 Å². The summed E-state index contributed by atoms with van der Waals surface area (Å²) in [5.41, 5.74) is 1.27. The predicted octanol–water partition coefficient (Wildman–Crippen LogP) is 2.69. The first-order valence-corrected chi connectivity index (χ1v) is 7.91. The van der Waals surface area contributed by atoms with E-state index in [0.29, 0.717) is 30.0 Å². The summed E-state index contributed by atoms with van der Waals surface area (Å²) in [6.45, 7) is 5.99. The second-order valence-corrected chi connectivity index (χ2v) is 5.53. The molecule has 2 amide bonds. The number of amides is 2. The van der Waals surface area contributed by atoms with Crippen LogP contribution in [0.4, 0.5) is 5.69 Å². The lowest BCUT2D eigenvalue weighted by Gasteiger charge is -2.23. The zero-order valence-electron chi connectivity index (χ0n) is 13.6. The molecule has 1 aliphatic rings. The number of rotatable bonds is 5. The van der Waals surface area contributed by atoms with Gasteiger partial charge in [0.25, 0.3) is 5.91 Å². The van der Waals surface area contributed by atoms with Gasteiger partial charge in [-0.2, -0.15) is 0 Å². The largest absolute Gasteiger partial charge is 0.491 e. The molecule has 0 aliphatic carbocycles. The summed E-state index contributed by atoms with van der Waals surface area (Å²) in [6, 6.07) is 5.33. The summed E-state index contributed by atoms with van der Waals surface area (Å²) in [5, 5.41) is 0. The fourth-order valence-electron chi connectivity index (χ4n) is 2.62. The molecule has 0 saturated heterocycles. The van der Waals surface area contributed by atoms with Crippen molar-refractivity contribution in [1.29, 1.82) is 0 Å². The molecule has 1 aromatic carbocycles. The highest BCUT2D eigenvalue weighted by atomic mass is 16.5. The second-order valence-electron chi connectivity index (χ2n) is 5.53. The van der Waals surface area contributed by atoms with Crippen LogP contribution in [0.5, 0.6) is 5.75 Å². The summed E-state index contributed by atoms with van der Waals surface area (Å²) < 4.78 is 5.59. The normalized spacial score (nSPS) is 14.1. The number of anilines is 1. The van der Waals surface area contributed by atoms with Crippen molar-refractivity contribution in [2.45, 2.75) is 33.1 Å². The molecule has 2 rings (SSSR count). The highest BCUT2D eigenvalue weighted by molar-refractivity contribution is 5.99. The first-order chi connectivity index (χ1) is 10.6. The Bertz CT molecular complexity index is 551. The van der Waals surface area contributed by atoms with Crippen LogP contribution in [0.15, 0.2) is 18.2 Å². The summed E-state index contributed by atoms with van der Waals surface area (Å²) >= 11 is 0. The fraction of sp³-hybridized carbons (Fsp3) is 0.529. The topological polar surface area (TPSA) is 49.9 Å². The van der Waals surface area contributed by atoms with Crippen molar-refractivity contribution in [3.63, 3.8) is 0 Å². The zero-order chi connectivity index (χ0) is 16.1. The van der Waals surface area contributed by atoms with Crippen molar-refractivity contribution in [2.24, 2.45) is 0 Å². The van der Waals surface area contributed by atoms with E-state index >= 15 is 0 Å². The Hall–Kier alpha value is -2.04. The van der Waals surface area contributed by atoms with Crippen LogP contribution in [0.2, 0.25) is 0 Å². The van der Waals surface area contributed by atoms with E-state index < -0.39 is 0 Å². The SMILES string of the molecule is CCCN(CCC)C(=O)c1ccc2c(c1)N(C)C(=O)CCO2. The molecule has 120 valence electrons. The van der Waals surface area contributed by atoms with E-state index in [1.807, 2.05) is 4.90 Å². The van der Waals surface area contributed by atoms with Crippen molar-refractivity contribution < 1.29 is 14.3 Å². The molecule has 0 atom stereocenters. The van der Waals surface area contributed by atoms with E-state index in [1.54, 1.807) is 30.1 Å². The van der Waals surface area contributed by atoms with Gasteiger partial charge in [0.15, 0.2) is 0 Å². The minimum atomic E-state index is 0.00215. The van der Waals surface area contributed by atoms with Crippen molar-refractivity contribution in [2.75, 3.05) is 31.6 Å². The predicted molar refractivity (Wildman–Crippen MR) is 86.4 cm³/mol. The average Bonchev–Trinajstić information content (AvgIpc) is 2.66. The lowest BCUT2D eigenvalue weighted by Crippen LogP contribution is -2.32. The maximum atomic E-state index is 12.7. The van der Waals surface area contributed by atoms with Crippen LogP contribution in [-0.2, 0) is 4.79 Å². The molecule has 1 aromatic rings. The molecular formula is C17H24N2O3. The van der Waals surface area contributed by atoms with Gasteiger partial charge in [0.05, 0.1) is 18.7 Å². The Morgan fingerprint density at radius 2 is 1.95 bits per heavy atom. The monoisotopic (exact) mass is 304 g/mol. The number of ether oxygens (including phenoxy) is 1. The Kier molecular flexibility index (Phi) is 5.41. The first kappa shape index (κ1) is 16.3. The van der Waals surface area contributed by atoms with Gasteiger partial charge in [0.2, 0.25) is 5.91 Å². The molecule has 0 N–H and O–H groups in total. The van der Waals surface area contributed by atoms with Crippen LogP contribution in [0.3, 0.4) is 0 Å². The van der Waals surface area contributed by atoms with E-state index in [2.05, 4.69) is 13.8 Å². The minimum absolute atomic E-state index is 0.00215. The maximum Gasteiger partial charge on any atom is 0.253 e. The van der Waals surface area contributed by atoms with Gasteiger partial charge in [-0.15, -0.1) is 0 Å². The molecule has 0 bridgehead atoms. The molecule has 0 saturated carbocycles. The number of nitrogens with zero attached hydrogens (tertiary/aromatic N) is 2. The van der Waals surface area contributed by atoms with E-state index in [1.165, 1.54) is 0 Å². The third-order valence-electron chi connectivity index (χ3n) is 3.79. The van der Waals surface area contributed by atoms with Crippen molar-refractivity contribution in [3.8, 4) is 5.75 Å². The fourth-order valence-corrected chi connectivity index (χ4v) is 2.62. The van der Waals surface area contributed by atoms with Gasteiger partial charge in [-0.05, 0) is 31.0 Å². The number of hydrogen-bond donors (Lipinski definition) is 0. The zero-order valence-corrected chi connectivity index (χ0v) is 13.6. The molecule has 0 radical (unpaired) electrons. The summed E-state index contributed by atoms with van der Waals surface area (Å²) in [6.07, 6.45) is 2.21. The van der Waals surface area contributed by atoms with E-state index in [4.69, 9.17) is 4.74 Å². The quantitative estimate of drug-likeness (QED) is 0.840. The minimum Gasteiger partial charge on any atom is -0.491 e. The van der Waals surface area contributed by atoms with Gasteiger partial charge in [-0.1, -0.05) is 13.8 Å². The molecular weight excluding hydrogens is 280 g/mol. The van der Waals surface area contributed by atoms with Crippen LogP contribution in [0.1, 0.15) is 43.5 Å². The first-order valence-electron chi connectivity index (χ1n) is 7.91. The van der Waals surface area contributed by atoms with Gasteiger partial charge in [0, 0.05) is 25.7 Å². The van der Waals surface area contributed by atoms with Gasteiger partial charge < -0.3 is 14.5 Å². The molecule has 1 aliphatic heterocycles. The van der Waals surface area contributed by atoms with Crippen molar-refractivity contribution in [3.05, 3.63) is 23.8 Å². The Labute approximate surface area is 131 Å². The van der Waals surface area contributed by atoms with Crippen LogP contribution in [0.25, 0.3) is 0 Å². The average molecular weight is 304 g/mol. The van der Waals surface area contributed by atoms with Crippen LogP contribution in [-0.4, -0.2) is 43.5 Å². The lowest BCUT2D eigenvalue weighted by atomic mass is 10.1. The van der Waals surface area contributed by atoms with Gasteiger partial charge in [-0.25, -0.2) is 0 Å². The van der Waals surface area contributed by atoms with Crippen LogP contribution < -0.4 is 9.64 Å². The molecule has 1 heterocycles. The third kappa shape index (κ3) is 3.40. The number of hydrogen-bond acceptors (Lipinski definition) is 3.